The van der Waals surface area contributed by atoms with Crippen molar-refractivity contribution >= 4 is 6.01 Å². The number of rotatable bonds is 10. The van der Waals surface area contributed by atoms with Gasteiger partial charge in [0.2, 0.25) is 0 Å². The first kappa shape index (κ1) is 18.9. The fraction of sp³-hybridized carbons (Fsp3) is 0.889. The molecule has 22 heavy (non-hydrogen) atoms. The summed E-state index contributed by atoms with van der Waals surface area (Å²) < 4.78 is 0. The van der Waals surface area contributed by atoms with Crippen molar-refractivity contribution in [2.75, 3.05) is 19.6 Å². The van der Waals surface area contributed by atoms with Gasteiger partial charge in [0.15, 0.2) is 0 Å². The Balaban J connectivity index is 2.28. The van der Waals surface area contributed by atoms with E-state index in [2.05, 4.69) is 40.8 Å². The predicted molar refractivity (Wildman–Crippen MR) is 92.4 cm³/mol. The molecule has 0 heterocycles. The summed E-state index contributed by atoms with van der Waals surface area (Å²) in [6.45, 7) is 7.30. The number of hydrogen-bond acceptors (Lipinski definition) is 4. The van der Waals surface area contributed by atoms with Crippen molar-refractivity contribution in [3.63, 3.8) is 0 Å². The number of hydrogen-bond donors (Lipinski definition) is 0. The first-order chi connectivity index (χ1) is 10.8. The van der Waals surface area contributed by atoms with Crippen LogP contribution in [0.15, 0.2) is 9.98 Å². The zero-order valence-electron chi connectivity index (χ0n) is 14.4. The topological polar surface area (TPSA) is 51.8 Å². The lowest BCUT2D eigenvalue weighted by molar-refractivity contribution is 0.195. The van der Waals surface area contributed by atoms with Crippen molar-refractivity contribution in [1.29, 1.82) is 5.26 Å². The van der Waals surface area contributed by atoms with Gasteiger partial charge in [0.05, 0.1) is 18.1 Å². The van der Waals surface area contributed by atoms with E-state index in [-0.39, 0.29) is 0 Å². The molecule has 4 heteroatoms. The zero-order valence-corrected chi connectivity index (χ0v) is 14.4. The summed E-state index contributed by atoms with van der Waals surface area (Å²) in [5, 5.41) is 8.80. The van der Waals surface area contributed by atoms with Crippen molar-refractivity contribution < 1.29 is 0 Å². The van der Waals surface area contributed by atoms with Crippen LogP contribution >= 0.6 is 0 Å². The van der Waals surface area contributed by atoms with E-state index in [0.717, 1.165) is 38.9 Å². The minimum Gasteiger partial charge on any atom is -0.301 e. The molecule has 0 spiro atoms. The molecular weight excluding hydrogens is 272 g/mol. The van der Waals surface area contributed by atoms with Crippen LogP contribution in [0.5, 0.6) is 0 Å². The molecule has 0 aliphatic heterocycles. The molecule has 1 fully saturated rings. The summed E-state index contributed by atoms with van der Waals surface area (Å²) in [6, 6.07) is 6.17. The molecule has 0 radical (unpaired) electrons. The molecule has 0 aromatic heterocycles. The highest BCUT2D eigenvalue weighted by molar-refractivity contribution is 5.41. The summed E-state index contributed by atoms with van der Waals surface area (Å²) in [7, 11) is 0. The van der Waals surface area contributed by atoms with Crippen molar-refractivity contribution in [3.8, 4) is 6.07 Å². The van der Waals surface area contributed by atoms with Gasteiger partial charge in [0.25, 0.3) is 0 Å². The van der Waals surface area contributed by atoms with Gasteiger partial charge in [0.1, 0.15) is 0 Å². The monoisotopic (exact) mass is 304 g/mol. The van der Waals surface area contributed by atoms with Gasteiger partial charge < -0.3 is 4.90 Å². The van der Waals surface area contributed by atoms with Crippen LogP contribution in [0.25, 0.3) is 0 Å². The highest BCUT2D eigenvalue weighted by atomic mass is 15.1. The van der Waals surface area contributed by atoms with E-state index in [4.69, 9.17) is 5.26 Å². The lowest BCUT2D eigenvalue weighted by Crippen LogP contribution is -2.35. The Bertz CT molecular complexity index is 369. The highest BCUT2D eigenvalue weighted by Gasteiger charge is 2.14. The van der Waals surface area contributed by atoms with Crippen LogP contribution < -0.4 is 0 Å². The molecule has 0 saturated heterocycles. The molecular formula is C18H32N4. The fourth-order valence-corrected chi connectivity index (χ4v) is 3.27. The maximum absolute atomic E-state index is 8.80. The molecule has 1 saturated carbocycles. The third-order valence-corrected chi connectivity index (χ3v) is 4.61. The van der Waals surface area contributed by atoms with Gasteiger partial charge in [-0.1, -0.05) is 33.1 Å². The molecule has 0 aromatic rings. The van der Waals surface area contributed by atoms with Gasteiger partial charge in [0, 0.05) is 19.0 Å². The van der Waals surface area contributed by atoms with Crippen molar-refractivity contribution in [2.45, 2.75) is 83.7 Å². The van der Waals surface area contributed by atoms with E-state index >= 15 is 0 Å². The maximum Gasteiger partial charge on any atom is 0.0895 e. The standard InChI is InChI=1S/C18H32N4/c1-3-22(4-2)18(12-8-14-19)13-9-15-20-16-21-17-10-6-5-7-11-17/h17-18H,3-13,15H2,1-2H3. The van der Waals surface area contributed by atoms with E-state index in [9.17, 15) is 0 Å². The second kappa shape index (κ2) is 12.4. The van der Waals surface area contributed by atoms with Crippen LogP contribution in [0.1, 0.15) is 71.6 Å². The summed E-state index contributed by atoms with van der Waals surface area (Å²) in [5.74, 6) is 0. The van der Waals surface area contributed by atoms with Crippen LogP contribution in [-0.2, 0) is 0 Å². The van der Waals surface area contributed by atoms with Gasteiger partial charge in [-0.15, -0.1) is 0 Å². The minimum atomic E-state index is 0.469. The lowest BCUT2D eigenvalue weighted by atomic mass is 9.96. The molecule has 0 amide bonds. The van der Waals surface area contributed by atoms with Gasteiger partial charge in [-0.25, -0.2) is 9.98 Å². The summed E-state index contributed by atoms with van der Waals surface area (Å²) in [5.41, 5.74) is 0. The Morgan fingerprint density at radius 2 is 1.86 bits per heavy atom. The quantitative estimate of drug-likeness (QED) is 0.446. The Hall–Kier alpha value is -1.17. The Morgan fingerprint density at radius 3 is 2.50 bits per heavy atom. The van der Waals surface area contributed by atoms with E-state index in [1.165, 1.54) is 32.1 Å². The molecule has 0 N–H and O–H groups in total. The van der Waals surface area contributed by atoms with E-state index in [0.29, 0.717) is 18.5 Å². The fourth-order valence-electron chi connectivity index (χ4n) is 3.27. The molecule has 1 aliphatic rings. The predicted octanol–water partition coefficient (Wildman–Crippen LogP) is 4.29. The third kappa shape index (κ3) is 7.73. The number of nitrogens with zero attached hydrogens (tertiary/aromatic N) is 4. The first-order valence-electron chi connectivity index (χ1n) is 9.04. The van der Waals surface area contributed by atoms with Crippen molar-refractivity contribution in [1.82, 2.24) is 4.90 Å². The summed E-state index contributed by atoms with van der Waals surface area (Å²) >= 11 is 0. The van der Waals surface area contributed by atoms with Crippen LogP contribution in [0.3, 0.4) is 0 Å². The molecule has 0 aromatic carbocycles. The van der Waals surface area contributed by atoms with E-state index in [1.54, 1.807) is 0 Å². The van der Waals surface area contributed by atoms with E-state index in [1.807, 2.05) is 0 Å². The van der Waals surface area contributed by atoms with Gasteiger partial charge >= 0.3 is 0 Å². The zero-order chi connectivity index (χ0) is 16.0. The maximum atomic E-state index is 8.80. The molecule has 1 atom stereocenters. The highest BCUT2D eigenvalue weighted by Crippen LogP contribution is 2.19. The normalized spacial score (nSPS) is 16.8. The molecule has 0 bridgehead atoms. The number of nitriles is 1. The summed E-state index contributed by atoms with van der Waals surface area (Å²) in [4.78, 5) is 11.2. The second-order valence-electron chi connectivity index (χ2n) is 6.12. The Morgan fingerprint density at radius 1 is 1.14 bits per heavy atom. The molecule has 1 rings (SSSR count). The Kier molecular flexibility index (Phi) is 10.6. The smallest absolute Gasteiger partial charge is 0.0895 e. The molecule has 1 unspecified atom stereocenters. The second-order valence-corrected chi connectivity index (χ2v) is 6.12. The molecule has 1 aliphatic carbocycles. The molecule has 4 nitrogen and oxygen atoms in total. The van der Waals surface area contributed by atoms with Gasteiger partial charge in [-0.3, -0.25) is 0 Å². The summed E-state index contributed by atoms with van der Waals surface area (Å²) in [6.07, 6.45) is 10.2. The number of aliphatic imine (C=N–C) groups is 2. The van der Waals surface area contributed by atoms with Gasteiger partial charge in [-0.05, 0) is 45.2 Å². The van der Waals surface area contributed by atoms with Gasteiger partial charge in [-0.2, -0.15) is 5.26 Å². The SMILES string of the molecule is CCN(CC)C(CCC#N)CCCN=C=NC1CCCCC1. The van der Waals surface area contributed by atoms with Crippen molar-refractivity contribution in [2.24, 2.45) is 9.98 Å². The van der Waals surface area contributed by atoms with E-state index < -0.39 is 0 Å². The van der Waals surface area contributed by atoms with Crippen LogP contribution in [0, 0.1) is 11.3 Å². The third-order valence-electron chi connectivity index (χ3n) is 4.61. The Labute approximate surface area is 136 Å². The largest absolute Gasteiger partial charge is 0.301 e. The van der Waals surface area contributed by atoms with Crippen LogP contribution in [0.2, 0.25) is 0 Å². The average molecular weight is 304 g/mol. The van der Waals surface area contributed by atoms with Crippen LogP contribution in [-0.4, -0.2) is 42.6 Å². The average Bonchev–Trinajstić information content (AvgIpc) is 2.57. The van der Waals surface area contributed by atoms with Crippen molar-refractivity contribution in [3.05, 3.63) is 0 Å². The lowest BCUT2D eigenvalue weighted by Gasteiger charge is -2.29. The van der Waals surface area contributed by atoms with Crippen LogP contribution in [0.4, 0.5) is 0 Å². The first-order valence-corrected chi connectivity index (χ1v) is 9.04. The molecule has 124 valence electrons. The minimum absolute atomic E-state index is 0.469.